The van der Waals surface area contributed by atoms with E-state index in [0.29, 0.717) is 27.8 Å². The van der Waals surface area contributed by atoms with Crippen LogP contribution < -0.4 is 9.47 Å². The van der Waals surface area contributed by atoms with E-state index in [4.69, 9.17) is 49.0 Å². The number of rotatable bonds is 8. The van der Waals surface area contributed by atoms with Gasteiger partial charge >= 0.3 is 5.97 Å². The Bertz CT molecular complexity index is 1290. The Balaban J connectivity index is 1.85. The average molecular weight is 562 g/mol. The molecule has 8 heteroatoms. The average Bonchev–Trinajstić information content (AvgIpc) is 2.87. The van der Waals surface area contributed by atoms with Crippen molar-refractivity contribution in [3.63, 3.8) is 0 Å². The third kappa shape index (κ3) is 6.24. The van der Waals surface area contributed by atoms with E-state index in [-0.39, 0.29) is 28.7 Å². The van der Waals surface area contributed by atoms with E-state index in [1.54, 1.807) is 12.1 Å². The van der Waals surface area contributed by atoms with E-state index >= 15 is 0 Å². The molecule has 1 aliphatic rings. The fraction of sp³-hybridized carbons (Fsp3) is 0.276. The van der Waals surface area contributed by atoms with Gasteiger partial charge in [0.1, 0.15) is 11.5 Å². The van der Waals surface area contributed by atoms with Gasteiger partial charge in [-0.1, -0.05) is 71.2 Å². The van der Waals surface area contributed by atoms with Crippen LogP contribution in [0.4, 0.5) is 0 Å². The summed E-state index contributed by atoms with van der Waals surface area (Å²) in [6.07, 6.45) is -0.209. The van der Waals surface area contributed by atoms with Gasteiger partial charge in [0.2, 0.25) is 0 Å². The molecule has 0 saturated carbocycles. The molecular formula is C29H27Cl3O5. The highest BCUT2D eigenvalue weighted by Crippen LogP contribution is 2.54. The SMILES string of the molecule is C=C(C)[C@H]1C[C@H](c2cccc(Cl)c2)[C@H](c2ccc(Cl)cc2)O[C@@H]1c1cc(OC)cc(Cl)c1OCC(=O)O. The molecule has 1 saturated heterocycles. The number of benzene rings is 3. The van der Waals surface area contributed by atoms with Gasteiger partial charge < -0.3 is 19.3 Å². The smallest absolute Gasteiger partial charge is 0.341 e. The molecule has 1 fully saturated rings. The highest BCUT2D eigenvalue weighted by molar-refractivity contribution is 6.32. The highest BCUT2D eigenvalue weighted by atomic mass is 35.5. The van der Waals surface area contributed by atoms with Gasteiger partial charge in [-0.2, -0.15) is 0 Å². The third-order valence-corrected chi connectivity index (χ3v) is 7.34. The first-order valence-electron chi connectivity index (χ1n) is 11.7. The van der Waals surface area contributed by atoms with Gasteiger partial charge in [0.25, 0.3) is 0 Å². The normalized spacial score (nSPS) is 21.3. The first kappa shape index (κ1) is 27.3. The topological polar surface area (TPSA) is 65.0 Å². The van der Waals surface area contributed by atoms with Gasteiger partial charge in [0, 0.05) is 33.5 Å². The van der Waals surface area contributed by atoms with Crippen molar-refractivity contribution in [2.75, 3.05) is 13.7 Å². The second-order valence-corrected chi connectivity index (χ2v) is 10.4. The quantitative estimate of drug-likeness (QED) is 0.280. The van der Waals surface area contributed by atoms with E-state index < -0.39 is 18.7 Å². The van der Waals surface area contributed by atoms with Crippen molar-refractivity contribution in [2.24, 2.45) is 5.92 Å². The maximum atomic E-state index is 11.3. The number of carboxylic acid groups (broad SMARTS) is 1. The number of carbonyl (C=O) groups is 1. The molecule has 37 heavy (non-hydrogen) atoms. The van der Waals surface area contributed by atoms with Crippen molar-refractivity contribution in [1.29, 1.82) is 0 Å². The highest BCUT2D eigenvalue weighted by Gasteiger charge is 2.42. The lowest BCUT2D eigenvalue weighted by molar-refractivity contribution is -0.139. The zero-order chi connectivity index (χ0) is 26.7. The first-order chi connectivity index (χ1) is 17.7. The Morgan fingerprint density at radius 1 is 1.03 bits per heavy atom. The van der Waals surface area contributed by atoms with Crippen molar-refractivity contribution >= 4 is 40.8 Å². The minimum atomic E-state index is -1.11. The van der Waals surface area contributed by atoms with Gasteiger partial charge in [0.05, 0.1) is 24.3 Å². The number of hydrogen-bond donors (Lipinski definition) is 1. The molecular weight excluding hydrogens is 535 g/mol. The third-order valence-electron chi connectivity index (χ3n) is 6.57. The van der Waals surface area contributed by atoms with Crippen LogP contribution >= 0.6 is 34.8 Å². The largest absolute Gasteiger partial charge is 0.497 e. The zero-order valence-electron chi connectivity index (χ0n) is 20.4. The predicted molar refractivity (Wildman–Crippen MR) is 146 cm³/mol. The van der Waals surface area contributed by atoms with E-state index in [0.717, 1.165) is 16.7 Å². The van der Waals surface area contributed by atoms with Gasteiger partial charge in [-0.15, -0.1) is 0 Å². The van der Waals surface area contributed by atoms with Crippen molar-refractivity contribution in [1.82, 2.24) is 0 Å². The number of halogens is 3. The molecule has 1 heterocycles. The van der Waals surface area contributed by atoms with Gasteiger partial charge in [-0.05, 0) is 54.8 Å². The lowest BCUT2D eigenvalue weighted by Crippen LogP contribution is -2.32. The summed E-state index contributed by atoms with van der Waals surface area (Å²) in [4.78, 5) is 11.3. The molecule has 5 nitrogen and oxygen atoms in total. The summed E-state index contributed by atoms with van der Waals surface area (Å²) in [5.41, 5.74) is 3.50. The first-order valence-corrected chi connectivity index (χ1v) is 12.8. The molecule has 0 aromatic heterocycles. The minimum Gasteiger partial charge on any atom is -0.497 e. The fourth-order valence-electron chi connectivity index (χ4n) is 4.83. The van der Waals surface area contributed by atoms with Gasteiger partial charge in [-0.25, -0.2) is 4.79 Å². The Morgan fingerprint density at radius 3 is 2.38 bits per heavy atom. The van der Waals surface area contributed by atoms with Crippen LogP contribution in [0.3, 0.4) is 0 Å². The molecule has 0 unspecified atom stereocenters. The minimum absolute atomic E-state index is 0.0395. The number of carboxylic acids is 1. The Labute approximate surface area is 231 Å². The van der Waals surface area contributed by atoms with Crippen LogP contribution in [0.25, 0.3) is 0 Å². The maximum Gasteiger partial charge on any atom is 0.341 e. The predicted octanol–water partition coefficient (Wildman–Crippen LogP) is 8.30. The molecule has 0 amide bonds. The Hall–Kier alpha value is -2.70. The van der Waals surface area contributed by atoms with Crippen molar-refractivity contribution < 1.29 is 24.1 Å². The summed E-state index contributed by atoms with van der Waals surface area (Å²) in [6, 6.07) is 18.7. The Kier molecular flexibility index (Phi) is 8.71. The number of aliphatic carboxylic acids is 1. The van der Waals surface area contributed by atoms with E-state index in [1.807, 2.05) is 55.5 Å². The molecule has 1 aliphatic heterocycles. The molecule has 4 atom stereocenters. The number of methoxy groups -OCH3 is 1. The number of ether oxygens (including phenoxy) is 3. The monoisotopic (exact) mass is 560 g/mol. The summed E-state index contributed by atoms with van der Waals surface area (Å²) in [5.74, 6) is -0.534. The van der Waals surface area contributed by atoms with Gasteiger partial charge in [0.15, 0.2) is 6.61 Å². The van der Waals surface area contributed by atoms with Crippen LogP contribution in [-0.2, 0) is 9.53 Å². The molecule has 0 aliphatic carbocycles. The lowest BCUT2D eigenvalue weighted by Gasteiger charge is -2.43. The summed E-state index contributed by atoms with van der Waals surface area (Å²) in [5, 5.41) is 10.7. The lowest BCUT2D eigenvalue weighted by atomic mass is 9.74. The van der Waals surface area contributed by atoms with Crippen LogP contribution in [0.15, 0.2) is 72.8 Å². The number of hydrogen-bond acceptors (Lipinski definition) is 4. The molecule has 4 rings (SSSR count). The van der Waals surface area contributed by atoms with Crippen molar-refractivity contribution in [3.05, 3.63) is 105 Å². The van der Waals surface area contributed by atoms with Gasteiger partial charge in [-0.3, -0.25) is 0 Å². The van der Waals surface area contributed by atoms with Crippen LogP contribution in [0.5, 0.6) is 11.5 Å². The summed E-state index contributed by atoms with van der Waals surface area (Å²) >= 11 is 19.1. The summed E-state index contributed by atoms with van der Waals surface area (Å²) in [6.45, 7) is 5.67. The molecule has 3 aromatic carbocycles. The van der Waals surface area contributed by atoms with Crippen LogP contribution in [0.1, 0.15) is 48.2 Å². The van der Waals surface area contributed by atoms with Crippen molar-refractivity contribution in [3.8, 4) is 11.5 Å². The molecule has 0 bridgehead atoms. The van der Waals surface area contributed by atoms with E-state index in [2.05, 4.69) is 6.58 Å². The maximum absolute atomic E-state index is 11.3. The molecule has 1 N–H and O–H groups in total. The van der Waals surface area contributed by atoms with Crippen LogP contribution in [0, 0.1) is 5.92 Å². The summed E-state index contributed by atoms with van der Waals surface area (Å²) < 4.78 is 18.0. The van der Waals surface area contributed by atoms with Crippen molar-refractivity contribution in [2.45, 2.75) is 31.5 Å². The molecule has 194 valence electrons. The molecule has 0 radical (unpaired) electrons. The van der Waals surface area contributed by atoms with E-state index in [1.165, 1.54) is 7.11 Å². The standard InChI is InChI=1S/C29H27Cl3O5/c1-16(2)22-14-23(18-5-4-6-20(31)11-18)27(17-7-9-19(30)10-8-17)37-28(22)24-12-21(35-3)13-25(32)29(24)36-15-26(33)34/h4-13,22-23,27-28H,1,14-15H2,2-3H3,(H,33,34)/t22-,23-,27+,28+/m1/s1. The fourth-order valence-corrected chi connectivity index (χ4v) is 5.43. The zero-order valence-corrected chi connectivity index (χ0v) is 22.7. The van der Waals surface area contributed by atoms with Crippen LogP contribution in [-0.4, -0.2) is 24.8 Å². The van der Waals surface area contributed by atoms with Crippen LogP contribution in [0.2, 0.25) is 15.1 Å². The van der Waals surface area contributed by atoms with E-state index in [9.17, 15) is 9.90 Å². The summed E-state index contributed by atoms with van der Waals surface area (Å²) in [7, 11) is 1.54. The molecule has 0 spiro atoms. The Morgan fingerprint density at radius 2 is 1.76 bits per heavy atom. The second kappa shape index (κ2) is 11.8. The second-order valence-electron chi connectivity index (χ2n) is 9.09. The molecule has 3 aromatic rings.